The molecule has 0 aromatic heterocycles. The van der Waals surface area contributed by atoms with E-state index in [0.29, 0.717) is 5.92 Å². The van der Waals surface area contributed by atoms with Crippen LogP contribution < -0.4 is 5.73 Å². The van der Waals surface area contributed by atoms with Gasteiger partial charge in [0, 0.05) is 5.92 Å². The van der Waals surface area contributed by atoms with E-state index in [4.69, 9.17) is 5.73 Å². The summed E-state index contributed by atoms with van der Waals surface area (Å²) in [7, 11) is 0. The van der Waals surface area contributed by atoms with Crippen LogP contribution in [0.25, 0.3) is 0 Å². The smallest absolute Gasteiger partial charge is 0.220 e. The first kappa shape index (κ1) is 6.20. The van der Waals surface area contributed by atoms with Gasteiger partial charge in [0.05, 0.1) is 0 Å². The van der Waals surface area contributed by atoms with Crippen molar-refractivity contribution >= 4 is 5.91 Å². The van der Waals surface area contributed by atoms with Gasteiger partial charge in [0.1, 0.15) is 0 Å². The molecule has 0 aliphatic heterocycles. The second-order valence-electron chi connectivity index (χ2n) is 3.60. The van der Waals surface area contributed by atoms with Crippen molar-refractivity contribution in [1.82, 2.24) is 0 Å². The predicted molar refractivity (Wildman–Crippen MR) is 38.1 cm³/mol. The van der Waals surface area contributed by atoms with Crippen LogP contribution >= 0.6 is 0 Å². The van der Waals surface area contributed by atoms with Gasteiger partial charge >= 0.3 is 0 Å². The molecular formula is C8H13NO. The molecule has 0 aromatic rings. The normalized spacial score (nSPS) is 44.2. The molecule has 0 radical (unpaired) electrons. The van der Waals surface area contributed by atoms with Gasteiger partial charge in [0.15, 0.2) is 0 Å². The summed E-state index contributed by atoms with van der Waals surface area (Å²) in [5.41, 5.74) is 5.21. The van der Waals surface area contributed by atoms with Crippen molar-refractivity contribution in [3.63, 3.8) is 0 Å². The third-order valence-corrected chi connectivity index (χ3v) is 3.16. The fourth-order valence-electron chi connectivity index (χ4n) is 2.52. The molecule has 2 heteroatoms. The van der Waals surface area contributed by atoms with Crippen LogP contribution in [0.2, 0.25) is 0 Å². The van der Waals surface area contributed by atoms with Gasteiger partial charge in [-0.25, -0.2) is 0 Å². The van der Waals surface area contributed by atoms with Gasteiger partial charge in [0.25, 0.3) is 0 Å². The zero-order chi connectivity index (χ0) is 7.14. The van der Waals surface area contributed by atoms with Crippen molar-refractivity contribution in [3.05, 3.63) is 0 Å². The maximum atomic E-state index is 10.7. The van der Waals surface area contributed by atoms with Crippen LogP contribution in [0.4, 0.5) is 0 Å². The Kier molecular flexibility index (Phi) is 1.22. The predicted octanol–water partition coefficient (Wildman–Crippen LogP) is 0.908. The largest absolute Gasteiger partial charge is 0.369 e. The lowest BCUT2D eigenvalue weighted by molar-refractivity contribution is -0.128. The number of carbonyl (C=O) groups is 1. The molecule has 0 heterocycles. The van der Waals surface area contributed by atoms with E-state index in [9.17, 15) is 4.79 Å². The van der Waals surface area contributed by atoms with E-state index in [-0.39, 0.29) is 11.8 Å². The third-order valence-electron chi connectivity index (χ3n) is 3.16. The Hall–Kier alpha value is -0.530. The number of rotatable bonds is 1. The van der Waals surface area contributed by atoms with Crippen molar-refractivity contribution in [3.8, 4) is 0 Å². The minimum atomic E-state index is -0.0665. The number of hydrogen-bond acceptors (Lipinski definition) is 1. The Balaban J connectivity index is 2.00. The van der Waals surface area contributed by atoms with Crippen LogP contribution in [0.5, 0.6) is 0 Å². The summed E-state index contributed by atoms with van der Waals surface area (Å²) in [4.78, 5) is 10.7. The van der Waals surface area contributed by atoms with Gasteiger partial charge in [-0.2, -0.15) is 0 Å². The number of carbonyl (C=O) groups excluding carboxylic acids is 1. The van der Waals surface area contributed by atoms with Crippen LogP contribution in [-0.4, -0.2) is 5.91 Å². The topological polar surface area (TPSA) is 43.1 Å². The Bertz CT molecular complexity index is 167. The van der Waals surface area contributed by atoms with E-state index in [0.717, 1.165) is 12.3 Å². The molecule has 0 spiro atoms. The van der Waals surface area contributed by atoms with E-state index in [1.807, 2.05) is 0 Å². The number of hydrogen-bond donors (Lipinski definition) is 1. The molecule has 3 unspecified atom stereocenters. The van der Waals surface area contributed by atoms with Crippen molar-refractivity contribution in [2.24, 2.45) is 23.5 Å². The summed E-state index contributed by atoms with van der Waals surface area (Å²) >= 11 is 0. The van der Waals surface area contributed by atoms with Gasteiger partial charge in [-0.05, 0) is 24.7 Å². The number of amides is 1. The van der Waals surface area contributed by atoms with Crippen molar-refractivity contribution in [2.45, 2.75) is 25.7 Å². The molecule has 3 atom stereocenters. The number of fused-ring (bicyclic) bond motifs is 1. The lowest BCUT2D eigenvalue weighted by Crippen LogP contribution is -2.41. The fourth-order valence-corrected chi connectivity index (χ4v) is 2.52. The minimum Gasteiger partial charge on any atom is -0.369 e. The molecule has 2 nitrogen and oxygen atoms in total. The molecule has 2 aliphatic carbocycles. The highest BCUT2D eigenvalue weighted by Gasteiger charge is 2.46. The number of primary amides is 1. The van der Waals surface area contributed by atoms with Gasteiger partial charge < -0.3 is 5.73 Å². The van der Waals surface area contributed by atoms with E-state index < -0.39 is 0 Å². The van der Waals surface area contributed by atoms with Gasteiger partial charge in [-0.1, -0.05) is 12.8 Å². The van der Waals surface area contributed by atoms with Gasteiger partial charge in [0.2, 0.25) is 5.91 Å². The third kappa shape index (κ3) is 0.678. The molecule has 2 rings (SSSR count). The van der Waals surface area contributed by atoms with Crippen molar-refractivity contribution in [1.29, 1.82) is 0 Å². The summed E-state index contributed by atoms with van der Waals surface area (Å²) in [5.74, 6) is 1.71. The van der Waals surface area contributed by atoms with E-state index in [1.54, 1.807) is 0 Å². The zero-order valence-electron chi connectivity index (χ0n) is 6.05. The summed E-state index contributed by atoms with van der Waals surface area (Å²) in [6.45, 7) is 0. The Labute approximate surface area is 60.8 Å². The highest BCUT2D eigenvalue weighted by molar-refractivity contribution is 5.78. The molecule has 2 aliphatic rings. The highest BCUT2D eigenvalue weighted by atomic mass is 16.1. The quantitative estimate of drug-likeness (QED) is 0.576. The average molecular weight is 139 g/mol. The molecular weight excluding hydrogens is 126 g/mol. The van der Waals surface area contributed by atoms with Crippen LogP contribution in [0, 0.1) is 17.8 Å². The molecule has 0 bridgehead atoms. The van der Waals surface area contributed by atoms with Crippen molar-refractivity contribution in [2.75, 3.05) is 0 Å². The summed E-state index contributed by atoms with van der Waals surface area (Å²) in [6, 6.07) is 0. The molecule has 0 aromatic carbocycles. The standard InChI is InChI=1S/C8H13NO/c9-8(10)7-4-5-2-1-3-6(5)7/h5-7H,1-4H2,(H2,9,10). The fraction of sp³-hybridized carbons (Fsp3) is 0.875. The van der Waals surface area contributed by atoms with Crippen LogP contribution in [0.1, 0.15) is 25.7 Å². The summed E-state index contributed by atoms with van der Waals surface area (Å²) in [5, 5.41) is 0. The average Bonchev–Trinajstić information content (AvgIpc) is 2.11. The summed E-state index contributed by atoms with van der Waals surface area (Å²) in [6.07, 6.45) is 4.99. The lowest BCUT2D eigenvalue weighted by Gasteiger charge is -2.38. The van der Waals surface area contributed by atoms with E-state index >= 15 is 0 Å². The molecule has 2 saturated carbocycles. The molecule has 56 valence electrons. The number of nitrogens with two attached hydrogens (primary N) is 1. The van der Waals surface area contributed by atoms with Crippen LogP contribution in [0.15, 0.2) is 0 Å². The lowest BCUT2D eigenvalue weighted by atomic mass is 9.66. The van der Waals surface area contributed by atoms with Gasteiger partial charge in [-0.3, -0.25) is 4.79 Å². The second-order valence-corrected chi connectivity index (χ2v) is 3.60. The van der Waals surface area contributed by atoms with E-state index in [2.05, 4.69) is 0 Å². The maximum Gasteiger partial charge on any atom is 0.220 e. The molecule has 10 heavy (non-hydrogen) atoms. The van der Waals surface area contributed by atoms with Gasteiger partial charge in [-0.15, -0.1) is 0 Å². The minimum absolute atomic E-state index is 0.0665. The van der Waals surface area contributed by atoms with E-state index in [1.165, 1.54) is 19.3 Å². The SMILES string of the molecule is NC(=O)C1CC2CCCC21. The van der Waals surface area contributed by atoms with Crippen LogP contribution in [0.3, 0.4) is 0 Å². The van der Waals surface area contributed by atoms with Crippen LogP contribution in [-0.2, 0) is 4.79 Å². The Morgan fingerprint density at radius 2 is 2.20 bits per heavy atom. The molecule has 1 amide bonds. The first-order chi connectivity index (χ1) is 4.79. The highest BCUT2D eigenvalue weighted by Crippen LogP contribution is 2.50. The molecule has 2 N–H and O–H groups in total. The van der Waals surface area contributed by atoms with Crippen molar-refractivity contribution < 1.29 is 4.79 Å². The Morgan fingerprint density at radius 3 is 2.80 bits per heavy atom. The Morgan fingerprint density at radius 1 is 1.40 bits per heavy atom. The monoisotopic (exact) mass is 139 g/mol. The second kappa shape index (κ2) is 1.97. The first-order valence-electron chi connectivity index (χ1n) is 4.08. The molecule has 0 saturated heterocycles. The molecule has 2 fully saturated rings. The maximum absolute atomic E-state index is 10.7. The summed E-state index contributed by atoms with van der Waals surface area (Å²) < 4.78 is 0. The zero-order valence-corrected chi connectivity index (χ0v) is 6.05. The first-order valence-corrected chi connectivity index (χ1v) is 4.08.